The zero-order valence-corrected chi connectivity index (χ0v) is 21.1. The highest BCUT2D eigenvalue weighted by Gasteiger charge is 2.34. The quantitative estimate of drug-likeness (QED) is 0.220. The number of carbonyl (C=O) groups is 3. The van der Waals surface area contributed by atoms with E-state index in [0.717, 1.165) is 4.90 Å². The van der Waals surface area contributed by atoms with Crippen molar-refractivity contribution >= 4 is 52.0 Å². The molecule has 186 valence electrons. The largest absolute Gasteiger partial charge is 0.452 e. The van der Waals surface area contributed by atoms with Gasteiger partial charge in [0.05, 0.1) is 21.5 Å². The summed E-state index contributed by atoms with van der Waals surface area (Å²) in [6.45, 7) is 1.80. The fraction of sp³-hybridized carbons (Fsp3) is 0.143. The van der Waals surface area contributed by atoms with Crippen molar-refractivity contribution in [2.75, 3.05) is 6.54 Å². The Balaban J connectivity index is 1.40. The number of benzene rings is 3. The highest BCUT2D eigenvalue weighted by molar-refractivity contribution is 6.33. The number of imide groups is 1. The van der Waals surface area contributed by atoms with Gasteiger partial charge in [-0.2, -0.15) is 0 Å². The van der Waals surface area contributed by atoms with Crippen molar-refractivity contribution in [2.24, 2.45) is 0 Å². The normalized spacial score (nSPS) is 12.8. The number of ether oxygens (including phenoxy) is 1. The van der Waals surface area contributed by atoms with E-state index in [9.17, 15) is 19.2 Å². The van der Waals surface area contributed by atoms with Gasteiger partial charge in [-0.05, 0) is 55.3 Å². The summed E-state index contributed by atoms with van der Waals surface area (Å²) in [5.74, 6) is -1.84. The van der Waals surface area contributed by atoms with Gasteiger partial charge in [0.1, 0.15) is 5.58 Å². The molecule has 0 radical (unpaired) electrons. The van der Waals surface area contributed by atoms with E-state index < -0.39 is 23.2 Å². The maximum atomic E-state index is 13.4. The van der Waals surface area contributed by atoms with Gasteiger partial charge >= 0.3 is 5.97 Å². The number of fused-ring (bicyclic) bond motifs is 2. The van der Waals surface area contributed by atoms with Crippen LogP contribution >= 0.6 is 23.2 Å². The van der Waals surface area contributed by atoms with Crippen LogP contribution in [0.5, 0.6) is 5.75 Å². The number of aryl methyl sites for hydroxylation is 1. The van der Waals surface area contributed by atoms with Crippen molar-refractivity contribution in [3.05, 3.63) is 97.6 Å². The van der Waals surface area contributed by atoms with Crippen molar-refractivity contribution in [3.8, 4) is 17.1 Å². The van der Waals surface area contributed by atoms with Crippen LogP contribution in [-0.4, -0.2) is 29.2 Å². The highest BCUT2D eigenvalue weighted by atomic mass is 35.5. The lowest BCUT2D eigenvalue weighted by Crippen LogP contribution is -2.31. The average molecular weight is 536 g/mol. The van der Waals surface area contributed by atoms with Crippen LogP contribution < -0.4 is 10.2 Å². The molecule has 9 heteroatoms. The molecule has 7 nitrogen and oxygen atoms in total. The van der Waals surface area contributed by atoms with E-state index in [0.29, 0.717) is 32.3 Å². The third-order valence-electron chi connectivity index (χ3n) is 6.11. The Morgan fingerprint density at radius 3 is 2.16 bits per heavy atom. The van der Waals surface area contributed by atoms with E-state index in [1.807, 2.05) is 0 Å². The summed E-state index contributed by atoms with van der Waals surface area (Å²) in [4.78, 5) is 52.4. The topological polar surface area (TPSA) is 93.9 Å². The Kier molecular flexibility index (Phi) is 6.58. The smallest absolute Gasteiger partial charge is 0.311 e. The van der Waals surface area contributed by atoms with Crippen molar-refractivity contribution in [2.45, 2.75) is 19.8 Å². The Morgan fingerprint density at radius 1 is 0.892 bits per heavy atom. The van der Waals surface area contributed by atoms with Crippen LogP contribution in [0.4, 0.5) is 0 Å². The predicted molar refractivity (Wildman–Crippen MR) is 139 cm³/mol. The molecule has 0 saturated carbocycles. The lowest BCUT2D eigenvalue weighted by Gasteiger charge is -2.14. The molecule has 0 unspecified atom stereocenters. The van der Waals surface area contributed by atoms with Gasteiger partial charge in [0.15, 0.2) is 5.76 Å². The van der Waals surface area contributed by atoms with Crippen LogP contribution in [0.3, 0.4) is 0 Å². The van der Waals surface area contributed by atoms with Gasteiger partial charge in [-0.15, -0.1) is 0 Å². The van der Waals surface area contributed by atoms with E-state index in [4.69, 9.17) is 32.4 Å². The molecule has 0 N–H and O–H groups in total. The number of carbonyl (C=O) groups excluding carboxylic acids is 3. The summed E-state index contributed by atoms with van der Waals surface area (Å²) in [5, 5.41) is 0.822. The van der Waals surface area contributed by atoms with E-state index in [2.05, 4.69) is 0 Å². The number of halogens is 2. The zero-order chi connectivity index (χ0) is 26.3. The summed E-state index contributed by atoms with van der Waals surface area (Å²) >= 11 is 12.6. The monoisotopic (exact) mass is 535 g/mol. The minimum absolute atomic E-state index is 0.0125. The average Bonchev–Trinajstić information content (AvgIpc) is 3.12. The van der Waals surface area contributed by atoms with Crippen LogP contribution in [0, 0.1) is 6.92 Å². The first kappa shape index (κ1) is 24.7. The van der Waals surface area contributed by atoms with Crippen molar-refractivity contribution in [1.82, 2.24) is 4.90 Å². The third kappa shape index (κ3) is 4.52. The molecule has 1 aliphatic heterocycles. The van der Waals surface area contributed by atoms with Gasteiger partial charge in [0, 0.05) is 23.6 Å². The molecule has 0 fully saturated rings. The first-order valence-electron chi connectivity index (χ1n) is 11.4. The van der Waals surface area contributed by atoms with Crippen LogP contribution in [0.2, 0.25) is 10.0 Å². The molecule has 0 saturated heterocycles. The molecule has 1 aliphatic rings. The molecule has 0 aliphatic carbocycles. The van der Waals surface area contributed by atoms with Gasteiger partial charge in [0.25, 0.3) is 11.8 Å². The first-order valence-corrected chi connectivity index (χ1v) is 12.2. The van der Waals surface area contributed by atoms with Crippen LogP contribution in [0.1, 0.15) is 39.1 Å². The van der Waals surface area contributed by atoms with E-state index in [-0.39, 0.29) is 41.9 Å². The van der Waals surface area contributed by atoms with E-state index >= 15 is 0 Å². The molecule has 2 heterocycles. The van der Waals surface area contributed by atoms with Gasteiger partial charge in [-0.25, -0.2) is 0 Å². The standard InChI is InChI=1S/C28H19Cl2NO6/c1-15-13-22-19(14-21(15)30)24(33)26(25(36-22)18-9-4-5-10-20(18)29)37-23(32)11-6-12-31-27(34)16-7-2-3-8-17(16)28(31)35/h2-5,7-10,13-14H,6,11-12H2,1H3. The Hall–Kier alpha value is -3.94. The summed E-state index contributed by atoms with van der Waals surface area (Å²) in [6, 6.07) is 16.4. The molecule has 2 amide bonds. The minimum atomic E-state index is -0.727. The maximum Gasteiger partial charge on any atom is 0.311 e. The lowest BCUT2D eigenvalue weighted by molar-refractivity contribution is -0.134. The van der Waals surface area contributed by atoms with Crippen LogP contribution in [0.25, 0.3) is 22.3 Å². The molecule has 5 rings (SSSR count). The number of esters is 1. The predicted octanol–water partition coefficient (Wildman–Crippen LogP) is 6.06. The number of nitrogens with zero attached hydrogens (tertiary/aromatic N) is 1. The summed E-state index contributed by atoms with van der Waals surface area (Å²) < 4.78 is 11.5. The fourth-order valence-electron chi connectivity index (χ4n) is 4.20. The van der Waals surface area contributed by atoms with Crippen molar-refractivity contribution in [1.29, 1.82) is 0 Å². The van der Waals surface area contributed by atoms with Gasteiger partial charge in [-0.3, -0.25) is 24.1 Å². The van der Waals surface area contributed by atoms with Gasteiger partial charge in [0.2, 0.25) is 11.2 Å². The Bertz CT molecular complexity index is 1620. The fourth-order valence-corrected chi connectivity index (χ4v) is 4.59. The zero-order valence-electron chi connectivity index (χ0n) is 19.5. The second-order valence-corrected chi connectivity index (χ2v) is 9.37. The summed E-state index contributed by atoms with van der Waals surface area (Å²) in [5.41, 5.74) is 1.45. The molecular formula is C28H19Cl2NO6. The van der Waals surface area contributed by atoms with Crippen molar-refractivity contribution in [3.63, 3.8) is 0 Å². The maximum absolute atomic E-state index is 13.4. The highest BCUT2D eigenvalue weighted by Crippen LogP contribution is 2.36. The molecule has 4 aromatic rings. The second-order valence-electron chi connectivity index (χ2n) is 8.55. The Morgan fingerprint density at radius 2 is 1.51 bits per heavy atom. The molecular weight excluding hydrogens is 517 g/mol. The van der Waals surface area contributed by atoms with E-state index in [1.54, 1.807) is 61.5 Å². The molecule has 37 heavy (non-hydrogen) atoms. The summed E-state index contributed by atoms with van der Waals surface area (Å²) in [7, 11) is 0. The van der Waals surface area contributed by atoms with Crippen LogP contribution in [0.15, 0.2) is 69.9 Å². The third-order valence-corrected chi connectivity index (χ3v) is 6.84. The SMILES string of the molecule is Cc1cc2oc(-c3ccccc3Cl)c(OC(=O)CCCN3C(=O)c4ccccc4C3=O)c(=O)c2cc1Cl. The van der Waals surface area contributed by atoms with Gasteiger partial charge < -0.3 is 9.15 Å². The number of amides is 2. The van der Waals surface area contributed by atoms with Crippen LogP contribution in [-0.2, 0) is 4.79 Å². The summed E-state index contributed by atoms with van der Waals surface area (Å²) in [6.07, 6.45) is -0.00281. The molecule has 0 bridgehead atoms. The Labute approximate surface area is 221 Å². The molecule has 1 aromatic heterocycles. The molecule has 3 aromatic carbocycles. The number of rotatable bonds is 6. The van der Waals surface area contributed by atoms with E-state index in [1.165, 1.54) is 6.07 Å². The molecule has 0 spiro atoms. The minimum Gasteiger partial charge on any atom is -0.452 e. The second kappa shape index (κ2) is 9.84. The lowest BCUT2D eigenvalue weighted by atomic mass is 10.1. The number of hydrogen-bond acceptors (Lipinski definition) is 6. The molecule has 0 atom stereocenters. The number of hydrogen-bond donors (Lipinski definition) is 0. The first-order chi connectivity index (χ1) is 17.8. The van der Waals surface area contributed by atoms with Gasteiger partial charge in [-0.1, -0.05) is 47.5 Å². The van der Waals surface area contributed by atoms with Crippen molar-refractivity contribution < 1.29 is 23.5 Å².